The van der Waals surface area contributed by atoms with Gasteiger partial charge in [0.05, 0.1) is 12.1 Å². The highest BCUT2D eigenvalue weighted by atomic mass is 16.5. The van der Waals surface area contributed by atoms with E-state index in [0.717, 1.165) is 31.9 Å². The Hall–Kier alpha value is -0.770. The Bertz CT molecular complexity index is 362. The van der Waals surface area contributed by atoms with Gasteiger partial charge in [0.2, 0.25) is 0 Å². The molecule has 3 aliphatic rings. The van der Waals surface area contributed by atoms with Gasteiger partial charge in [0, 0.05) is 19.2 Å². The average Bonchev–Trinajstić information content (AvgIpc) is 3.19. The van der Waals surface area contributed by atoms with Crippen molar-refractivity contribution in [3.63, 3.8) is 0 Å². The van der Waals surface area contributed by atoms with Crippen molar-refractivity contribution in [1.29, 1.82) is 0 Å². The third-order valence-corrected chi connectivity index (χ3v) is 5.84. The molecule has 0 bridgehead atoms. The number of hydrogen-bond acceptors (Lipinski definition) is 2. The lowest BCUT2D eigenvalue weighted by atomic mass is 9.84. The molecule has 22 heavy (non-hydrogen) atoms. The van der Waals surface area contributed by atoms with E-state index in [1.165, 1.54) is 51.4 Å². The SMILES string of the molecule is C[C@H](NC(=O)N1CCC[C@H]1CC1CCCCC1)[C@H]1CCCO1. The molecule has 1 aliphatic carbocycles. The quantitative estimate of drug-likeness (QED) is 0.860. The minimum Gasteiger partial charge on any atom is -0.376 e. The number of carbonyl (C=O) groups excluding carboxylic acids is 1. The van der Waals surface area contributed by atoms with E-state index in [1.807, 2.05) is 0 Å². The van der Waals surface area contributed by atoms with Crippen LogP contribution in [0.2, 0.25) is 0 Å². The summed E-state index contributed by atoms with van der Waals surface area (Å²) in [6.45, 7) is 3.86. The van der Waals surface area contributed by atoms with Crippen LogP contribution in [0.1, 0.15) is 71.1 Å². The molecule has 3 fully saturated rings. The molecule has 0 aromatic rings. The van der Waals surface area contributed by atoms with Crippen molar-refractivity contribution in [2.75, 3.05) is 13.2 Å². The zero-order valence-corrected chi connectivity index (χ0v) is 14.1. The normalized spacial score (nSPS) is 31.4. The Morgan fingerprint density at radius 1 is 1.14 bits per heavy atom. The summed E-state index contributed by atoms with van der Waals surface area (Å²) in [7, 11) is 0. The summed E-state index contributed by atoms with van der Waals surface area (Å²) >= 11 is 0. The fourth-order valence-electron chi connectivity index (χ4n) is 4.52. The molecular weight excluding hydrogens is 276 g/mol. The van der Waals surface area contributed by atoms with Gasteiger partial charge in [-0.2, -0.15) is 0 Å². The van der Waals surface area contributed by atoms with Crippen molar-refractivity contribution < 1.29 is 9.53 Å². The van der Waals surface area contributed by atoms with Crippen LogP contribution in [0, 0.1) is 5.92 Å². The molecule has 2 heterocycles. The second kappa shape index (κ2) is 7.67. The van der Waals surface area contributed by atoms with Crippen molar-refractivity contribution in [3.8, 4) is 0 Å². The first kappa shape index (κ1) is 16.1. The van der Waals surface area contributed by atoms with Gasteiger partial charge < -0.3 is 15.0 Å². The second-order valence-corrected chi connectivity index (χ2v) is 7.52. The van der Waals surface area contributed by atoms with Gasteiger partial charge in [-0.3, -0.25) is 0 Å². The molecule has 0 unspecified atom stereocenters. The molecule has 3 rings (SSSR count). The highest BCUT2D eigenvalue weighted by Crippen LogP contribution is 2.32. The number of nitrogens with one attached hydrogen (secondary N) is 1. The largest absolute Gasteiger partial charge is 0.376 e. The number of ether oxygens (including phenoxy) is 1. The molecule has 1 N–H and O–H groups in total. The van der Waals surface area contributed by atoms with E-state index in [4.69, 9.17) is 4.74 Å². The molecule has 2 aliphatic heterocycles. The minimum absolute atomic E-state index is 0.130. The van der Waals surface area contributed by atoms with Crippen molar-refractivity contribution in [1.82, 2.24) is 10.2 Å². The van der Waals surface area contributed by atoms with Crippen molar-refractivity contribution in [2.24, 2.45) is 5.92 Å². The van der Waals surface area contributed by atoms with Crippen LogP contribution in [0.15, 0.2) is 0 Å². The zero-order chi connectivity index (χ0) is 15.4. The van der Waals surface area contributed by atoms with Gasteiger partial charge in [-0.25, -0.2) is 4.79 Å². The standard InChI is InChI=1S/C18H32N2O2/c1-14(17-10-6-12-22-17)19-18(21)20-11-5-9-16(20)13-15-7-3-2-4-8-15/h14-17H,2-13H2,1H3,(H,19,21)/t14-,16-,17+/m0/s1. The third-order valence-electron chi connectivity index (χ3n) is 5.84. The van der Waals surface area contributed by atoms with Crippen LogP contribution >= 0.6 is 0 Å². The molecule has 4 nitrogen and oxygen atoms in total. The average molecular weight is 308 g/mol. The summed E-state index contributed by atoms with van der Waals surface area (Å²) in [5, 5.41) is 3.19. The van der Waals surface area contributed by atoms with Gasteiger partial charge in [-0.1, -0.05) is 32.1 Å². The van der Waals surface area contributed by atoms with Crippen molar-refractivity contribution >= 4 is 6.03 Å². The van der Waals surface area contributed by atoms with Crippen LogP contribution in [0.3, 0.4) is 0 Å². The maximum atomic E-state index is 12.6. The summed E-state index contributed by atoms with van der Waals surface area (Å²) in [4.78, 5) is 14.7. The predicted octanol–water partition coefficient (Wildman–Crippen LogP) is 3.70. The van der Waals surface area contributed by atoms with Gasteiger partial charge in [0.25, 0.3) is 0 Å². The highest BCUT2D eigenvalue weighted by molar-refractivity contribution is 5.75. The fraction of sp³-hybridized carbons (Fsp3) is 0.944. The Morgan fingerprint density at radius 3 is 2.68 bits per heavy atom. The number of urea groups is 1. The summed E-state index contributed by atoms with van der Waals surface area (Å²) < 4.78 is 5.69. The van der Waals surface area contributed by atoms with Crippen molar-refractivity contribution in [2.45, 2.75) is 89.3 Å². The van der Waals surface area contributed by atoms with Crippen LogP contribution in [0.5, 0.6) is 0 Å². The number of carbonyl (C=O) groups is 1. The molecule has 0 aromatic heterocycles. The lowest BCUT2D eigenvalue weighted by Crippen LogP contribution is -2.49. The van der Waals surface area contributed by atoms with Gasteiger partial charge in [-0.15, -0.1) is 0 Å². The number of hydrogen-bond donors (Lipinski definition) is 1. The van der Waals surface area contributed by atoms with Crippen LogP contribution in [0.25, 0.3) is 0 Å². The topological polar surface area (TPSA) is 41.6 Å². The van der Waals surface area contributed by atoms with E-state index in [0.29, 0.717) is 6.04 Å². The molecule has 0 aromatic carbocycles. The monoisotopic (exact) mass is 308 g/mol. The number of nitrogens with zero attached hydrogens (tertiary/aromatic N) is 1. The summed E-state index contributed by atoms with van der Waals surface area (Å²) in [6, 6.07) is 0.743. The van der Waals surface area contributed by atoms with Crippen LogP contribution < -0.4 is 5.32 Å². The van der Waals surface area contributed by atoms with Crippen molar-refractivity contribution in [3.05, 3.63) is 0 Å². The summed E-state index contributed by atoms with van der Waals surface area (Å²) in [6.07, 6.45) is 12.9. The molecule has 3 atom stereocenters. The molecular formula is C18H32N2O2. The highest BCUT2D eigenvalue weighted by Gasteiger charge is 2.33. The number of likely N-dealkylation sites (tertiary alicyclic amines) is 1. The van der Waals surface area contributed by atoms with Crippen LogP contribution in [-0.4, -0.2) is 42.3 Å². The Balaban J connectivity index is 1.49. The maximum absolute atomic E-state index is 12.6. The Morgan fingerprint density at radius 2 is 1.95 bits per heavy atom. The predicted molar refractivity (Wildman–Crippen MR) is 87.9 cm³/mol. The maximum Gasteiger partial charge on any atom is 0.317 e. The smallest absolute Gasteiger partial charge is 0.317 e. The van der Waals surface area contributed by atoms with Crippen LogP contribution in [0.4, 0.5) is 4.79 Å². The Kier molecular flexibility index (Phi) is 5.61. The molecule has 2 saturated heterocycles. The minimum atomic E-state index is 0.130. The molecule has 1 saturated carbocycles. The van der Waals surface area contributed by atoms with Gasteiger partial charge in [0.1, 0.15) is 0 Å². The van der Waals surface area contributed by atoms with Crippen LogP contribution in [-0.2, 0) is 4.74 Å². The Labute approximate surface area is 135 Å². The zero-order valence-electron chi connectivity index (χ0n) is 14.1. The third kappa shape index (κ3) is 3.95. The van der Waals surface area contributed by atoms with Gasteiger partial charge in [-0.05, 0) is 44.9 Å². The van der Waals surface area contributed by atoms with Gasteiger partial charge in [0.15, 0.2) is 0 Å². The summed E-state index contributed by atoms with van der Waals surface area (Å²) in [5.41, 5.74) is 0. The molecule has 0 spiro atoms. The van der Waals surface area contributed by atoms with E-state index in [-0.39, 0.29) is 18.2 Å². The fourth-order valence-corrected chi connectivity index (χ4v) is 4.52. The van der Waals surface area contributed by atoms with E-state index in [9.17, 15) is 4.79 Å². The first-order valence-corrected chi connectivity index (χ1v) is 9.43. The van der Waals surface area contributed by atoms with E-state index in [1.54, 1.807) is 0 Å². The lowest BCUT2D eigenvalue weighted by molar-refractivity contribution is 0.0824. The van der Waals surface area contributed by atoms with E-state index >= 15 is 0 Å². The number of rotatable bonds is 4. The number of amides is 2. The molecule has 0 radical (unpaired) electrons. The first-order chi connectivity index (χ1) is 10.7. The lowest BCUT2D eigenvalue weighted by Gasteiger charge is -2.31. The molecule has 126 valence electrons. The first-order valence-electron chi connectivity index (χ1n) is 9.43. The molecule has 2 amide bonds. The summed E-state index contributed by atoms with van der Waals surface area (Å²) in [5.74, 6) is 0.850. The van der Waals surface area contributed by atoms with E-state index < -0.39 is 0 Å². The molecule has 4 heteroatoms. The second-order valence-electron chi connectivity index (χ2n) is 7.52. The van der Waals surface area contributed by atoms with Gasteiger partial charge >= 0.3 is 6.03 Å². The van der Waals surface area contributed by atoms with E-state index in [2.05, 4.69) is 17.1 Å².